The minimum absolute atomic E-state index is 0.127. The number of hydrogen-bond acceptors (Lipinski definition) is 5. The maximum absolute atomic E-state index is 13.5. The summed E-state index contributed by atoms with van der Waals surface area (Å²) in [4.78, 5) is 26.0. The average Bonchev–Trinajstić information content (AvgIpc) is 3.15. The number of nitrogens with zero attached hydrogens (tertiary/aromatic N) is 3. The Morgan fingerprint density at radius 2 is 2.12 bits per heavy atom. The van der Waals surface area contributed by atoms with Crippen molar-refractivity contribution < 1.29 is 24.2 Å². The van der Waals surface area contributed by atoms with Gasteiger partial charge in [0.2, 0.25) is 5.88 Å². The number of benzene rings is 1. The number of rotatable bonds is 6. The zero-order chi connectivity index (χ0) is 22.5. The van der Waals surface area contributed by atoms with Gasteiger partial charge >= 0.3 is 5.97 Å². The highest BCUT2D eigenvalue weighted by atomic mass is 16.5. The van der Waals surface area contributed by atoms with Crippen LogP contribution in [0.2, 0.25) is 0 Å². The minimum atomic E-state index is -0.990. The van der Waals surface area contributed by atoms with E-state index in [2.05, 4.69) is 0 Å². The second-order valence-electron chi connectivity index (χ2n) is 7.04. The Bertz CT molecular complexity index is 1270. The topological polar surface area (TPSA) is 105 Å². The summed E-state index contributed by atoms with van der Waals surface area (Å²) in [6, 6.07) is 9.20. The number of allylic oxidation sites excluding steroid dienone is 4. The Balaban J connectivity index is 1.77. The third-order valence-electron chi connectivity index (χ3n) is 4.97. The van der Waals surface area contributed by atoms with E-state index in [4.69, 9.17) is 9.47 Å². The predicted octanol–water partition coefficient (Wildman–Crippen LogP) is 4.01. The molecule has 8 nitrogen and oxygen atoms in total. The lowest BCUT2D eigenvalue weighted by Crippen LogP contribution is -2.32. The third-order valence-corrected chi connectivity index (χ3v) is 4.97. The lowest BCUT2D eigenvalue weighted by molar-refractivity contribution is -0.137. The Morgan fingerprint density at radius 1 is 1.28 bits per heavy atom. The number of para-hydroxylation sites is 1. The third kappa shape index (κ3) is 4.18. The number of aliphatic carboxylic acids is 1. The summed E-state index contributed by atoms with van der Waals surface area (Å²) in [5, 5.41) is 19.8. The Labute approximate surface area is 183 Å². The molecule has 32 heavy (non-hydrogen) atoms. The number of fused-ring (bicyclic) bond motifs is 1. The maximum atomic E-state index is 13.5. The van der Waals surface area contributed by atoms with Crippen molar-refractivity contribution in [1.82, 2.24) is 9.47 Å². The number of carbonyl (C=O) groups is 2. The molecule has 2 aliphatic rings. The van der Waals surface area contributed by atoms with E-state index < -0.39 is 11.9 Å². The summed E-state index contributed by atoms with van der Waals surface area (Å²) >= 11 is 0. The van der Waals surface area contributed by atoms with Gasteiger partial charge in [0.05, 0.1) is 0 Å². The first-order valence-electron chi connectivity index (χ1n) is 9.87. The Hall–Kier alpha value is -4.51. The fraction of sp³-hybridized carbons (Fsp3) is 0.125. The number of amides is 1. The molecule has 1 aromatic carbocycles. The molecule has 1 aliphatic heterocycles. The first-order chi connectivity index (χ1) is 15.6. The van der Waals surface area contributed by atoms with Gasteiger partial charge < -0.3 is 19.1 Å². The van der Waals surface area contributed by atoms with Gasteiger partial charge in [0.1, 0.15) is 30.7 Å². The summed E-state index contributed by atoms with van der Waals surface area (Å²) < 4.78 is 12.2. The molecule has 1 aromatic heterocycles. The number of carboxylic acids is 1. The van der Waals surface area contributed by atoms with E-state index in [1.165, 1.54) is 29.8 Å². The molecule has 0 saturated heterocycles. The molecule has 1 aliphatic carbocycles. The molecule has 0 fully saturated rings. The van der Waals surface area contributed by atoms with Crippen LogP contribution >= 0.6 is 0 Å². The van der Waals surface area contributed by atoms with Crippen LogP contribution in [0.25, 0.3) is 17.0 Å². The van der Waals surface area contributed by atoms with E-state index in [-0.39, 0.29) is 18.0 Å². The molecular formula is C24H19N3O5. The standard InChI is InChI=1S/C24H19N3O5/c25-13-17(12-18-14-26(15-23(28)29)21-9-5-4-8-20(18)21)24(30)27(19-6-2-1-3-7-19)22-16-31-10-11-32-22/h1-2,4-6,8-12,14,16H,3,7,15H2,(H,28,29). The predicted molar refractivity (Wildman–Crippen MR) is 116 cm³/mol. The van der Waals surface area contributed by atoms with Crippen molar-refractivity contribution in [3.63, 3.8) is 0 Å². The van der Waals surface area contributed by atoms with Crippen LogP contribution in [0.1, 0.15) is 18.4 Å². The van der Waals surface area contributed by atoms with Crippen molar-refractivity contribution in [2.45, 2.75) is 19.4 Å². The van der Waals surface area contributed by atoms with Crippen molar-refractivity contribution in [1.29, 1.82) is 5.26 Å². The van der Waals surface area contributed by atoms with Crippen molar-refractivity contribution in [3.8, 4) is 6.07 Å². The monoisotopic (exact) mass is 429 g/mol. The van der Waals surface area contributed by atoms with Crippen LogP contribution in [0, 0.1) is 11.3 Å². The highest BCUT2D eigenvalue weighted by Gasteiger charge is 2.28. The number of nitriles is 1. The van der Waals surface area contributed by atoms with Crippen LogP contribution in [0.4, 0.5) is 0 Å². The van der Waals surface area contributed by atoms with E-state index in [0.717, 1.165) is 11.8 Å². The normalized spacial score (nSPS) is 15.3. The van der Waals surface area contributed by atoms with Crippen LogP contribution in [-0.4, -0.2) is 26.5 Å². The molecule has 0 spiro atoms. The first-order valence-corrected chi connectivity index (χ1v) is 9.87. The van der Waals surface area contributed by atoms with Crippen molar-refractivity contribution in [2.75, 3.05) is 0 Å². The Morgan fingerprint density at radius 3 is 2.81 bits per heavy atom. The highest BCUT2D eigenvalue weighted by molar-refractivity contribution is 6.05. The summed E-state index contributed by atoms with van der Waals surface area (Å²) in [5.41, 5.74) is 1.80. The van der Waals surface area contributed by atoms with Gasteiger partial charge in [0, 0.05) is 28.4 Å². The van der Waals surface area contributed by atoms with Crippen molar-refractivity contribution >= 4 is 28.9 Å². The highest BCUT2D eigenvalue weighted by Crippen LogP contribution is 2.28. The molecule has 0 radical (unpaired) electrons. The van der Waals surface area contributed by atoms with Gasteiger partial charge in [0.25, 0.3) is 5.91 Å². The van der Waals surface area contributed by atoms with Gasteiger partial charge in [-0.2, -0.15) is 5.26 Å². The van der Waals surface area contributed by atoms with Crippen LogP contribution in [-0.2, 0) is 25.6 Å². The smallest absolute Gasteiger partial charge is 0.323 e. The lowest BCUT2D eigenvalue weighted by Gasteiger charge is -2.27. The summed E-state index contributed by atoms with van der Waals surface area (Å²) in [6.45, 7) is -0.236. The Kier molecular flexibility index (Phi) is 5.90. The van der Waals surface area contributed by atoms with E-state index in [0.29, 0.717) is 23.2 Å². The minimum Gasteiger partial charge on any atom is -0.480 e. The first kappa shape index (κ1) is 20.8. The molecule has 4 rings (SSSR count). The zero-order valence-electron chi connectivity index (χ0n) is 17.0. The molecule has 2 heterocycles. The van der Waals surface area contributed by atoms with Gasteiger partial charge in [-0.05, 0) is 31.1 Å². The van der Waals surface area contributed by atoms with E-state index >= 15 is 0 Å². The molecule has 1 N–H and O–H groups in total. The molecular weight excluding hydrogens is 410 g/mol. The molecule has 160 valence electrons. The van der Waals surface area contributed by atoms with Crippen LogP contribution in [0.15, 0.2) is 84.6 Å². The SMILES string of the molecule is N#CC(=Cc1cn(CC(=O)O)c2ccccc12)C(=O)N(C1=CC=CCC1)C1=COC=CO1. The fourth-order valence-corrected chi connectivity index (χ4v) is 3.59. The maximum Gasteiger partial charge on any atom is 0.323 e. The summed E-state index contributed by atoms with van der Waals surface area (Å²) in [6.07, 6.45) is 14.0. The summed E-state index contributed by atoms with van der Waals surface area (Å²) in [7, 11) is 0. The molecule has 0 atom stereocenters. The van der Waals surface area contributed by atoms with E-state index in [1.807, 2.05) is 30.4 Å². The quantitative estimate of drug-likeness (QED) is 0.549. The van der Waals surface area contributed by atoms with Gasteiger partial charge in [-0.3, -0.25) is 9.59 Å². The van der Waals surface area contributed by atoms with Gasteiger partial charge in [-0.15, -0.1) is 0 Å². The van der Waals surface area contributed by atoms with Crippen molar-refractivity contribution in [3.05, 3.63) is 90.2 Å². The van der Waals surface area contributed by atoms with Gasteiger partial charge in [0.15, 0.2) is 6.26 Å². The second-order valence-corrected chi connectivity index (χ2v) is 7.04. The number of carbonyl (C=O) groups excluding carboxylic acids is 1. The largest absolute Gasteiger partial charge is 0.480 e. The fourth-order valence-electron chi connectivity index (χ4n) is 3.59. The molecule has 0 saturated carbocycles. The molecule has 1 amide bonds. The number of aromatic nitrogens is 1. The van der Waals surface area contributed by atoms with Gasteiger partial charge in [-0.25, -0.2) is 4.90 Å². The van der Waals surface area contributed by atoms with Crippen molar-refractivity contribution in [2.24, 2.45) is 0 Å². The molecule has 0 bridgehead atoms. The molecule has 2 aromatic rings. The average molecular weight is 429 g/mol. The van der Waals surface area contributed by atoms with Gasteiger partial charge in [-0.1, -0.05) is 30.4 Å². The van der Waals surface area contributed by atoms with E-state index in [1.54, 1.807) is 29.0 Å². The molecule has 8 heteroatoms. The van der Waals surface area contributed by atoms with Crippen LogP contribution < -0.4 is 0 Å². The second kappa shape index (κ2) is 9.10. The number of ether oxygens (including phenoxy) is 2. The number of carboxylic acid groups (broad SMARTS) is 1. The van der Waals surface area contributed by atoms with Crippen LogP contribution in [0.5, 0.6) is 0 Å². The summed E-state index contributed by atoms with van der Waals surface area (Å²) in [5.74, 6) is -1.42. The van der Waals surface area contributed by atoms with E-state index in [9.17, 15) is 20.0 Å². The lowest BCUT2D eigenvalue weighted by atomic mass is 10.1. The molecule has 0 unspecified atom stereocenters. The van der Waals surface area contributed by atoms with Crippen LogP contribution in [0.3, 0.4) is 0 Å². The number of hydrogen-bond donors (Lipinski definition) is 1. The zero-order valence-corrected chi connectivity index (χ0v) is 17.0.